The second-order valence-corrected chi connectivity index (χ2v) is 6.60. The van der Waals surface area contributed by atoms with Crippen molar-refractivity contribution in [3.63, 3.8) is 0 Å². The maximum absolute atomic E-state index is 12.8. The van der Waals surface area contributed by atoms with Crippen LogP contribution < -0.4 is 4.90 Å². The predicted octanol–water partition coefficient (Wildman–Crippen LogP) is 4.68. The summed E-state index contributed by atoms with van der Waals surface area (Å²) in [7, 11) is 4.02. The van der Waals surface area contributed by atoms with Gasteiger partial charge in [0.25, 0.3) is 0 Å². The summed E-state index contributed by atoms with van der Waals surface area (Å²) in [5.41, 5.74) is 4.72. The van der Waals surface area contributed by atoms with Crippen LogP contribution in [0.2, 0.25) is 0 Å². The third-order valence-corrected chi connectivity index (χ3v) is 4.44. The van der Waals surface area contributed by atoms with Crippen molar-refractivity contribution >= 4 is 23.6 Å². The molecular weight excluding hydrogens is 310 g/mol. The summed E-state index contributed by atoms with van der Waals surface area (Å²) in [6.45, 7) is 0. The number of benzene rings is 2. The number of nitrogens with zero attached hydrogens (tertiary/aromatic N) is 1. The van der Waals surface area contributed by atoms with Crippen molar-refractivity contribution in [2.45, 2.75) is 19.3 Å². The number of aromatic hydroxyl groups is 1. The molecule has 1 aliphatic carbocycles. The summed E-state index contributed by atoms with van der Waals surface area (Å²) in [5.74, 6) is 0.334. The van der Waals surface area contributed by atoms with Crippen molar-refractivity contribution in [2.24, 2.45) is 0 Å². The quantitative estimate of drug-likeness (QED) is 0.829. The van der Waals surface area contributed by atoms with Gasteiger partial charge in [0.15, 0.2) is 5.78 Å². The molecule has 3 nitrogen and oxygen atoms in total. The minimum absolute atomic E-state index is 0.117. The highest BCUT2D eigenvalue weighted by molar-refractivity contribution is 6.14. The molecule has 1 N–H and O–H groups in total. The number of Topliss-reactive ketones (excluding diaryl/α,β-unsaturated/α-hetero) is 1. The predicted molar refractivity (Wildman–Crippen MR) is 104 cm³/mol. The van der Waals surface area contributed by atoms with Crippen molar-refractivity contribution in [2.75, 3.05) is 19.0 Å². The lowest BCUT2D eigenvalue weighted by Gasteiger charge is -2.17. The summed E-state index contributed by atoms with van der Waals surface area (Å²) in [6, 6.07) is 15.2. The Morgan fingerprint density at radius 3 is 2.16 bits per heavy atom. The number of phenols is 1. The van der Waals surface area contributed by atoms with Crippen molar-refractivity contribution in [1.29, 1.82) is 0 Å². The van der Waals surface area contributed by atoms with E-state index in [-0.39, 0.29) is 11.5 Å². The Balaban J connectivity index is 1.84. The monoisotopic (exact) mass is 333 g/mol. The molecule has 2 aromatic rings. The van der Waals surface area contributed by atoms with Gasteiger partial charge in [-0.05, 0) is 66.8 Å². The van der Waals surface area contributed by atoms with Gasteiger partial charge in [0.05, 0.1) is 0 Å². The first-order valence-corrected chi connectivity index (χ1v) is 8.55. The maximum Gasteiger partial charge on any atom is 0.185 e. The average molecular weight is 333 g/mol. The largest absolute Gasteiger partial charge is 0.508 e. The van der Waals surface area contributed by atoms with Gasteiger partial charge in [-0.3, -0.25) is 4.79 Å². The standard InChI is InChI=1S/C22H23NO2/c1-23(2)20-11-9-16(10-12-20)13-18-6-4-7-19(22(18)25)14-17-5-3-8-21(24)15-17/h3,5,8-15,24H,4,6-7H2,1-2H3. The van der Waals surface area contributed by atoms with Gasteiger partial charge in [0.1, 0.15) is 5.75 Å². The van der Waals surface area contributed by atoms with Crippen LogP contribution in [0.4, 0.5) is 5.69 Å². The minimum Gasteiger partial charge on any atom is -0.508 e. The zero-order valence-corrected chi connectivity index (χ0v) is 14.7. The van der Waals surface area contributed by atoms with E-state index in [1.54, 1.807) is 18.2 Å². The third-order valence-electron chi connectivity index (χ3n) is 4.44. The molecule has 3 rings (SSSR count). The van der Waals surface area contributed by atoms with Crippen LogP contribution in [-0.4, -0.2) is 25.0 Å². The number of carbonyl (C=O) groups is 1. The molecule has 0 unspecified atom stereocenters. The molecule has 1 saturated carbocycles. The van der Waals surface area contributed by atoms with Gasteiger partial charge in [-0.15, -0.1) is 0 Å². The Hall–Kier alpha value is -2.81. The second kappa shape index (κ2) is 7.39. The molecule has 1 aliphatic rings. The van der Waals surface area contributed by atoms with E-state index in [0.29, 0.717) is 0 Å². The Morgan fingerprint density at radius 2 is 1.56 bits per heavy atom. The van der Waals surface area contributed by atoms with Gasteiger partial charge in [0.2, 0.25) is 0 Å². The van der Waals surface area contributed by atoms with E-state index < -0.39 is 0 Å². The Kier molecular flexibility index (Phi) is 5.03. The fourth-order valence-electron chi connectivity index (χ4n) is 3.06. The molecule has 0 aromatic heterocycles. The molecule has 1 fully saturated rings. The first kappa shape index (κ1) is 17.0. The number of carbonyl (C=O) groups excluding carboxylic acids is 1. The molecule has 0 heterocycles. The fraction of sp³-hybridized carbons (Fsp3) is 0.227. The molecule has 0 aliphatic heterocycles. The number of hydrogen-bond acceptors (Lipinski definition) is 3. The fourth-order valence-corrected chi connectivity index (χ4v) is 3.06. The topological polar surface area (TPSA) is 40.5 Å². The first-order valence-electron chi connectivity index (χ1n) is 8.55. The molecule has 0 bridgehead atoms. The van der Waals surface area contributed by atoms with E-state index >= 15 is 0 Å². The highest BCUT2D eigenvalue weighted by atomic mass is 16.3. The highest BCUT2D eigenvalue weighted by Gasteiger charge is 2.20. The van der Waals surface area contributed by atoms with Gasteiger partial charge in [-0.25, -0.2) is 0 Å². The van der Waals surface area contributed by atoms with Gasteiger partial charge < -0.3 is 10.0 Å². The van der Waals surface area contributed by atoms with Crippen molar-refractivity contribution in [3.05, 3.63) is 70.8 Å². The molecule has 2 aromatic carbocycles. The molecule has 3 heteroatoms. The van der Waals surface area contributed by atoms with E-state index in [4.69, 9.17) is 0 Å². The molecule has 0 atom stereocenters. The first-order chi connectivity index (χ1) is 12.0. The van der Waals surface area contributed by atoms with Crippen molar-refractivity contribution < 1.29 is 9.90 Å². The Labute approximate surface area is 148 Å². The molecule has 0 saturated heterocycles. The molecule has 128 valence electrons. The van der Waals surface area contributed by atoms with Crippen molar-refractivity contribution in [1.82, 2.24) is 0 Å². The number of rotatable bonds is 3. The normalized spacial score (nSPS) is 17.9. The van der Waals surface area contributed by atoms with E-state index in [1.807, 2.05) is 44.4 Å². The van der Waals surface area contributed by atoms with E-state index in [2.05, 4.69) is 17.0 Å². The van der Waals surface area contributed by atoms with E-state index in [0.717, 1.165) is 47.2 Å². The van der Waals surface area contributed by atoms with Crippen LogP contribution in [0, 0.1) is 0 Å². The van der Waals surface area contributed by atoms with Gasteiger partial charge in [-0.2, -0.15) is 0 Å². The smallest absolute Gasteiger partial charge is 0.185 e. The lowest BCUT2D eigenvalue weighted by molar-refractivity contribution is -0.112. The van der Waals surface area contributed by atoms with Crippen LogP contribution in [0.1, 0.15) is 30.4 Å². The van der Waals surface area contributed by atoms with Gasteiger partial charge >= 0.3 is 0 Å². The Bertz CT molecular complexity index is 829. The van der Waals surface area contributed by atoms with Gasteiger partial charge in [0, 0.05) is 30.9 Å². The lowest BCUT2D eigenvalue weighted by atomic mass is 9.87. The van der Waals surface area contributed by atoms with Crippen LogP contribution >= 0.6 is 0 Å². The van der Waals surface area contributed by atoms with Crippen LogP contribution in [0.25, 0.3) is 12.2 Å². The molecule has 0 radical (unpaired) electrons. The summed E-state index contributed by atoms with van der Waals surface area (Å²) >= 11 is 0. The summed E-state index contributed by atoms with van der Waals surface area (Å²) in [6.07, 6.45) is 6.45. The molecule has 25 heavy (non-hydrogen) atoms. The maximum atomic E-state index is 12.8. The number of anilines is 1. The number of phenolic OH excluding ortho intramolecular Hbond substituents is 1. The SMILES string of the molecule is CN(C)c1ccc(C=C2CCCC(=Cc3cccc(O)c3)C2=O)cc1. The van der Waals surface area contributed by atoms with Crippen LogP contribution in [0.5, 0.6) is 5.75 Å². The highest BCUT2D eigenvalue weighted by Crippen LogP contribution is 2.28. The Morgan fingerprint density at radius 1 is 0.920 bits per heavy atom. The zero-order chi connectivity index (χ0) is 17.8. The molecule has 0 amide bonds. The summed E-state index contributed by atoms with van der Waals surface area (Å²) < 4.78 is 0. The van der Waals surface area contributed by atoms with E-state index in [9.17, 15) is 9.90 Å². The lowest BCUT2D eigenvalue weighted by Crippen LogP contribution is -2.12. The summed E-state index contributed by atoms with van der Waals surface area (Å²) in [5, 5.41) is 9.59. The number of ketones is 1. The van der Waals surface area contributed by atoms with Crippen LogP contribution in [-0.2, 0) is 4.79 Å². The third kappa shape index (κ3) is 4.18. The molecular formula is C22H23NO2. The number of hydrogen-bond donors (Lipinski definition) is 1. The summed E-state index contributed by atoms with van der Waals surface area (Å²) in [4.78, 5) is 14.8. The average Bonchev–Trinajstić information content (AvgIpc) is 2.59. The van der Waals surface area contributed by atoms with Gasteiger partial charge in [-0.1, -0.05) is 24.3 Å². The minimum atomic E-state index is 0.117. The van der Waals surface area contributed by atoms with E-state index in [1.165, 1.54) is 0 Å². The van der Waals surface area contributed by atoms with Crippen LogP contribution in [0.3, 0.4) is 0 Å². The van der Waals surface area contributed by atoms with Crippen molar-refractivity contribution in [3.8, 4) is 5.75 Å². The zero-order valence-electron chi connectivity index (χ0n) is 14.7. The van der Waals surface area contributed by atoms with Crippen LogP contribution in [0.15, 0.2) is 59.7 Å². The molecule has 0 spiro atoms. The second-order valence-electron chi connectivity index (χ2n) is 6.60. The number of allylic oxidation sites excluding steroid dienone is 2.